The number of methoxy groups -OCH3 is 1. The van der Waals surface area contributed by atoms with E-state index < -0.39 is 0 Å². The first-order chi connectivity index (χ1) is 6.27. The number of ether oxygens (including phenoxy) is 1. The maximum Gasteiger partial charge on any atom is 0.288 e. The highest BCUT2D eigenvalue weighted by Crippen LogP contribution is 1.96. The molecule has 0 saturated carbocycles. The van der Waals surface area contributed by atoms with E-state index in [4.69, 9.17) is 4.74 Å². The van der Waals surface area contributed by atoms with Gasteiger partial charge in [0.05, 0.1) is 12.3 Å². The third-order valence-corrected chi connectivity index (χ3v) is 1.44. The SMILES string of the molecule is CNC(=O)c1nccc(COC)n1. The fraction of sp³-hybridized carbons (Fsp3) is 0.375. The maximum atomic E-state index is 11.1. The van der Waals surface area contributed by atoms with Gasteiger partial charge in [0.1, 0.15) is 0 Å². The summed E-state index contributed by atoms with van der Waals surface area (Å²) in [5.74, 6) is -0.130. The second-order valence-electron chi connectivity index (χ2n) is 2.38. The zero-order valence-electron chi connectivity index (χ0n) is 7.57. The Hall–Kier alpha value is -1.49. The van der Waals surface area contributed by atoms with Crippen LogP contribution in [0.25, 0.3) is 0 Å². The first-order valence-electron chi connectivity index (χ1n) is 3.81. The summed E-state index contributed by atoms with van der Waals surface area (Å²) in [4.78, 5) is 18.9. The Balaban J connectivity index is 2.85. The van der Waals surface area contributed by atoms with Crippen LogP contribution < -0.4 is 5.32 Å². The molecule has 0 aromatic carbocycles. The first-order valence-corrected chi connectivity index (χ1v) is 3.81. The van der Waals surface area contributed by atoms with Crippen molar-refractivity contribution in [3.8, 4) is 0 Å². The van der Waals surface area contributed by atoms with Crippen molar-refractivity contribution < 1.29 is 9.53 Å². The number of hydrogen-bond donors (Lipinski definition) is 1. The monoisotopic (exact) mass is 181 g/mol. The van der Waals surface area contributed by atoms with Crippen LogP contribution in [0.4, 0.5) is 0 Å². The molecule has 0 aliphatic heterocycles. The van der Waals surface area contributed by atoms with Gasteiger partial charge in [-0.2, -0.15) is 0 Å². The number of carbonyl (C=O) groups excluding carboxylic acids is 1. The average Bonchev–Trinajstić information content (AvgIpc) is 2.18. The van der Waals surface area contributed by atoms with Gasteiger partial charge in [0, 0.05) is 20.4 Å². The van der Waals surface area contributed by atoms with E-state index >= 15 is 0 Å². The van der Waals surface area contributed by atoms with Gasteiger partial charge >= 0.3 is 0 Å². The lowest BCUT2D eigenvalue weighted by Crippen LogP contribution is -2.21. The van der Waals surface area contributed by atoms with Gasteiger partial charge in [-0.1, -0.05) is 0 Å². The summed E-state index contributed by atoms with van der Waals surface area (Å²) in [5, 5.41) is 2.45. The van der Waals surface area contributed by atoms with Crippen molar-refractivity contribution in [2.45, 2.75) is 6.61 Å². The number of nitrogens with one attached hydrogen (secondary N) is 1. The summed E-state index contributed by atoms with van der Waals surface area (Å²) in [6, 6.07) is 1.70. The smallest absolute Gasteiger partial charge is 0.288 e. The van der Waals surface area contributed by atoms with Gasteiger partial charge in [0.2, 0.25) is 5.82 Å². The van der Waals surface area contributed by atoms with Crippen LogP contribution in [-0.2, 0) is 11.3 Å². The summed E-state index contributed by atoms with van der Waals surface area (Å²) in [6.45, 7) is 0.381. The van der Waals surface area contributed by atoms with Crippen LogP contribution >= 0.6 is 0 Å². The lowest BCUT2D eigenvalue weighted by atomic mass is 10.4. The van der Waals surface area contributed by atoms with E-state index in [9.17, 15) is 4.79 Å². The van der Waals surface area contributed by atoms with Crippen LogP contribution in [0.3, 0.4) is 0 Å². The molecule has 1 aromatic rings. The Labute approximate surface area is 76.2 Å². The highest BCUT2D eigenvalue weighted by Gasteiger charge is 2.06. The predicted molar refractivity (Wildman–Crippen MR) is 46.1 cm³/mol. The molecule has 0 spiro atoms. The molecular weight excluding hydrogens is 170 g/mol. The van der Waals surface area contributed by atoms with Crippen LogP contribution in [0, 0.1) is 0 Å². The van der Waals surface area contributed by atoms with Crippen molar-refractivity contribution in [3.63, 3.8) is 0 Å². The molecule has 0 fully saturated rings. The van der Waals surface area contributed by atoms with Crippen molar-refractivity contribution in [1.82, 2.24) is 15.3 Å². The second kappa shape index (κ2) is 4.51. The van der Waals surface area contributed by atoms with Crippen molar-refractivity contribution in [1.29, 1.82) is 0 Å². The molecule has 1 aromatic heterocycles. The molecule has 0 aliphatic rings. The normalized spacial score (nSPS) is 9.69. The lowest BCUT2D eigenvalue weighted by molar-refractivity contribution is 0.0951. The topological polar surface area (TPSA) is 64.1 Å². The van der Waals surface area contributed by atoms with Crippen LogP contribution in [0.5, 0.6) is 0 Å². The highest BCUT2D eigenvalue weighted by atomic mass is 16.5. The Morgan fingerprint density at radius 2 is 2.46 bits per heavy atom. The van der Waals surface area contributed by atoms with Crippen LogP contribution in [0.2, 0.25) is 0 Å². The number of aromatic nitrogens is 2. The predicted octanol–water partition coefficient (Wildman–Crippen LogP) is -0.0174. The standard InChI is InChI=1S/C8H11N3O2/c1-9-8(12)7-10-4-3-6(11-7)5-13-2/h3-4H,5H2,1-2H3,(H,9,12). The second-order valence-corrected chi connectivity index (χ2v) is 2.38. The fourth-order valence-corrected chi connectivity index (χ4v) is 0.846. The minimum Gasteiger partial charge on any atom is -0.378 e. The quantitative estimate of drug-likeness (QED) is 0.712. The van der Waals surface area contributed by atoms with E-state index in [1.165, 1.54) is 13.2 Å². The van der Waals surface area contributed by atoms with E-state index in [2.05, 4.69) is 15.3 Å². The summed E-state index contributed by atoms with van der Waals surface area (Å²) >= 11 is 0. The number of nitrogens with zero attached hydrogens (tertiary/aromatic N) is 2. The molecule has 5 heteroatoms. The van der Waals surface area contributed by atoms with Crippen LogP contribution in [-0.4, -0.2) is 30.0 Å². The number of hydrogen-bond acceptors (Lipinski definition) is 4. The number of rotatable bonds is 3. The van der Waals surface area contributed by atoms with Gasteiger partial charge in [0.25, 0.3) is 5.91 Å². The summed E-state index contributed by atoms with van der Waals surface area (Å²) in [6.07, 6.45) is 1.53. The molecule has 5 nitrogen and oxygen atoms in total. The third kappa shape index (κ3) is 2.48. The molecule has 1 heterocycles. The zero-order valence-corrected chi connectivity index (χ0v) is 7.57. The van der Waals surface area contributed by atoms with E-state index in [0.29, 0.717) is 12.3 Å². The molecule has 70 valence electrons. The highest BCUT2D eigenvalue weighted by molar-refractivity contribution is 5.90. The molecule has 0 unspecified atom stereocenters. The molecule has 0 saturated heterocycles. The van der Waals surface area contributed by atoms with Gasteiger partial charge in [-0.3, -0.25) is 4.79 Å². The third-order valence-electron chi connectivity index (χ3n) is 1.44. The minimum atomic E-state index is -0.294. The van der Waals surface area contributed by atoms with Gasteiger partial charge < -0.3 is 10.1 Å². The Bertz CT molecular complexity index is 301. The van der Waals surface area contributed by atoms with Crippen LogP contribution in [0.15, 0.2) is 12.3 Å². The van der Waals surface area contributed by atoms with Gasteiger partial charge in [-0.05, 0) is 6.07 Å². The van der Waals surface area contributed by atoms with Crippen molar-refractivity contribution in [2.24, 2.45) is 0 Å². The Kier molecular flexibility index (Phi) is 3.33. The molecule has 0 aliphatic carbocycles. The maximum absolute atomic E-state index is 11.1. The largest absolute Gasteiger partial charge is 0.378 e. The summed E-state index contributed by atoms with van der Waals surface area (Å²) in [7, 11) is 3.11. The number of amides is 1. The van der Waals surface area contributed by atoms with E-state index in [1.807, 2.05) is 0 Å². The zero-order chi connectivity index (χ0) is 9.68. The van der Waals surface area contributed by atoms with Gasteiger partial charge in [-0.25, -0.2) is 9.97 Å². The summed E-state index contributed by atoms with van der Waals surface area (Å²) in [5.41, 5.74) is 0.691. The average molecular weight is 181 g/mol. The fourth-order valence-electron chi connectivity index (χ4n) is 0.846. The van der Waals surface area contributed by atoms with E-state index in [-0.39, 0.29) is 11.7 Å². The Morgan fingerprint density at radius 1 is 1.69 bits per heavy atom. The minimum absolute atomic E-state index is 0.164. The van der Waals surface area contributed by atoms with E-state index in [0.717, 1.165) is 0 Å². The summed E-state index contributed by atoms with van der Waals surface area (Å²) < 4.78 is 4.87. The van der Waals surface area contributed by atoms with Crippen molar-refractivity contribution in [3.05, 3.63) is 23.8 Å². The Morgan fingerprint density at radius 3 is 3.08 bits per heavy atom. The van der Waals surface area contributed by atoms with Gasteiger partial charge in [0.15, 0.2) is 0 Å². The van der Waals surface area contributed by atoms with Gasteiger partial charge in [-0.15, -0.1) is 0 Å². The molecule has 1 amide bonds. The first kappa shape index (κ1) is 9.60. The molecule has 0 radical (unpaired) electrons. The molecule has 0 bridgehead atoms. The molecule has 0 atom stereocenters. The van der Waals surface area contributed by atoms with Crippen LogP contribution in [0.1, 0.15) is 16.3 Å². The molecule has 13 heavy (non-hydrogen) atoms. The number of carbonyl (C=O) groups is 1. The molecule has 1 N–H and O–H groups in total. The lowest BCUT2D eigenvalue weighted by Gasteiger charge is -2.00. The van der Waals surface area contributed by atoms with E-state index in [1.54, 1.807) is 13.2 Å². The molecular formula is C8H11N3O2. The van der Waals surface area contributed by atoms with Crippen molar-refractivity contribution >= 4 is 5.91 Å². The molecule has 1 rings (SSSR count). The van der Waals surface area contributed by atoms with Crippen molar-refractivity contribution in [2.75, 3.05) is 14.2 Å².